The second kappa shape index (κ2) is 6.96. The highest BCUT2D eigenvalue weighted by Gasteiger charge is 2.33. The Bertz CT molecular complexity index is 624. The van der Waals surface area contributed by atoms with Crippen molar-refractivity contribution < 1.29 is 4.79 Å². The van der Waals surface area contributed by atoms with Crippen molar-refractivity contribution in [2.45, 2.75) is 37.4 Å². The van der Waals surface area contributed by atoms with Gasteiger partial charge in [-0.25, -0.2) is 4.98 Å². The molecule has 1 aromatic carbocycles. The number of rotatable bonds is 7. The number of nitrogens with one attached hydrogen (secondary N) is 2. The number of nitrogens with zero attached hydrogens (tertiary/aromatic N) is 2. The molecule has 0 saturated heterocycles. The quantitative estimate of drug-likeness (QED) is 0.771. The van der Waals surface area contributed by atoms with Gasteiger partial charge in [-0.2, -0.15) is 0 Å². The number of aromatic nitrogens is 3. The summed E-state index contributed by atoms with van der Waals surface area (Å²) in [5.74, 6) is 1.81. The van der Waals surface area contributed by atoms with E-state index >= 15 is 0 Å². The minimum absolute atomic E-state index is 0.0357. The fourth-order valence-electron chi connectivity index (χ4n) is 2.41. The maximum Gasteiger partial charge on any atom is 0.230 e. The van der Waals surface area contributed by atoms with Crippen LogP contribution in [0, 0.1) is 5.92 Å². The van der Waals surface area contributed by atoms with Crippen molar-refractivity contribution in [3.63, 3.8) is 0 Å². The molecular weight excluding hydrogens is 296 g/mol. The zero-order chi connectivity index (χ0) is 15.4. The first-order chi connectivity index (χ1) is 10.8. The molecule has 116 valence electrons. The summed E-state index contributed by atoms with van der Waals surface area (Å²) in [5, 5.41) is 10.7. The first-order valence-corrected chi connectivity index (χ1v) is 8.63. The Hall–Kier alpha value is -1.82. The minimum Gasteiger partial charge on any atom is -0.348 e. The van der Waals surface area contributed by atoms with Crippen molar-refractivity contribution in [1.82, 2.24) is 20.5 Å². The lowest BCUT2D eigenvalue weighted by atomic mass is 10.0. The number of carbonyl (C=O) groups excluding carboxylic acids is 1. The molecule has 1 amide bonds. The highest BCUT2D eigenvalue weighted by atomic mass is 32.2. The summed E-state index contributed by atoms with van der Waals surface area (Å²) < 4.78 is 0. The van der Waals surface area contributed by atoms with Crippen LogP contribution in [0.2, 0.25) is 0 Å². The Labute approximate surface area is 134 Å². The van der Waals surface area contributed by atoms with Gasteiger partial charge in [-0.3, -0.25) is 9.89 Å². The van der Waals surface area contributed by atoms with Crippen LogP contribution in [-0.4, -0.2) is 26.8 Å². The molecule has 3 rings (SSSR count). The Morgan fingerprint density at radius 3 is 2.82 bits per heavy atom. The van der Waals surface area contributed by atoms with Crippen LogP contribution in [0.1, 0.15) is 37.2 Å². The average molecular weight is 316 g/mol. The molecule has 2 N–H and O–H groups in total. The number of hydrogen-bond acceptors (Lipinski definition) is 4. The Morgan fingerprint density at radius 1 is 1.41 bits per heavy atom. The molecule has 1 unspecified atom stereocenters. The molecule has 1 aromatic heterocycles. The van der Waals surface area contributed by atoms with E-state index in [1.165, 1.54) is 30.2 Å². The van der Waals surface area contributed by atoms with Crippen molar-refractivity contribution in [2.24, 2.45) is 5.92 Å². The third-order valence-electron chi connectivity index (χ3n) is 3.75. The van der Waals surface area contributed by atoms with E-state index in [2.05, 4.69) is 32.6 Å². The summed E-state index contributed by atoms with van der Waals surface area (Å²) in [4.78, 5) is 16.5. The van der Waals surface area contributed by atoms with Gasteiger partial charge in [-0.15, -0.1) is 5.10 Å². The fraction of sp³-hybridized carbons (Fsp3) is 0.438. The lowest BCUT2D eigenvalue weighted by Gasteiger charge is -2.18. The predicted molar refractivity (Wildman–Crippen MR) is 86.5 cm³/mol. The summed E-state index contributed by atoms with van der Waals surface area (Å²) >= 11 is 1.37. The van der Waals surface area contributed by atoms with E-state index in [0.717, 1.165) is 12.2 Å². The molecule has 1 heterocycles. The lowest BCUT2D eigenvalue weighted by Crippen LogP contribution is -2.31. The van der Waals surface area contributed by atoms with Crippen LogP contribution in [0.15, 0.2) is 35.5 Å². The molecule has 1 aliphatic rings. The van der Waals surface area contributed by atoms with Gasteiger partial charge in [0.25, 0.3) is 0 Å². The fourth-order valence-corrected chi connectivity index (χ4v) is 3.04. The van der Waals surface area contributed by atoms with Crippen LogP contribution in [0.5, 0.6) is 0 Å². The number of aromatic amines is 1. The van der Waals surface area contributed by atoms with Crippen molar-refractivity contribution in [3.05, 3.63) is 41.7 Å². The number of carbonyl (C=O) groups is 1. The van der Waals surface area contributed by atoms with Gasteiger partial charge in [-0.1, -0.05) is 49.0 Å². The smallest absolute Gasteiger partial charge is 0.230 e. The van der Waals surface area contributed by atoms with Gasteiger partial charge in [0.05, 0.1) is 11.8 Å². The summed E-state index contributed by atoms with van der Waals surface area (Å²) in [6, 6.07) is 10.3. The lowest BCUT2D eigenvalue weighted by molar-refractivity contribution is -0.119. The van der Waals surface area contributed by atoms with Crippen molar-refractivity contribution >= 4 is 17.7 Å². The van der Waals surface area contributed by atoms with Crippen LogP contribution in [0.4, 0.5) is 0 Å². The van der Waals surface area contributed by atoms with Gasteiger partial charge in [0.15, 0.2) is 0 Å². The molecule has 1 saturated carbocycles. The summed E-state index contributed by atoms with van der Waals surface area (Å²) in [5.41, 5.74) is 1.19. The molecule has 0 spiro atoms. The van der Waals surface area contributed by atoms with E-state index in [1.807, 2.05) is 25.1 Å². The van der Waals surface area contributed by atoms with Gasteiger partial charge in [0.2, 0.25) is 11.1 Å². The van der Waals surface area contributed by atoms with Crippen molar-refractivity contribution in [2.75, 3.05) is 5.75 Å². The standard InChI is InChI=1S/C16H20N4OS/c1-2-13-17-16(20-19-13)22-10-14(21)18-15(12-8-9-12)11-6-4-3-5-7-11/h3-7,12,15H,2,8-10H2,1H3,(H,18,21)(H,17,19,20). The first kappa shape index (κ1) is 15.1. The van der Waals surface area contributed by atoms with E-state index in [9.17, 15) is 4.79 Å². The maximum atomic E-state index is 12.2. The Balaban J connectivity index is 1.55. The number of amides is 1. The topological polar surface area (TPSA) is 70.7 Å². The summed E-state index contributed by atoms with van der Waals surface area (Å²) in [6.07, 6.45) is 3.19. The van der Waals surface area contributed by atoms with Gasteiger partial charge in [-0.05, 0) is 24.3 Å². The van der Waals surface area contributed by atoms with Crippen LogP contribution in [0.3, 0.4) is 0 Å². The largest absolute Gasteiger partial charge is 0.348 e. The predicted octanol–water partition coefficient (Wildman–Crippen LogP) is 2.73. The molecule has 0 radical (unpaired) electrons. The molecule has 5 nitrogen and oxygen atoms in total. The van der Waals surface area contributed by atoms with Crippen molar-refractivity contribution in [3.8, 4) is 0 Å². The van der Waals surface area contributed by atoms with E-state index in [-0.39, 0.29) is 11.9 Å². The highest BCUT2D eigenvalue weighted by Crippen LogP contribution is 2.40. The first-order valence-electron chi connectivity index (χ1n) is 7.64. The minimum atomic E-state index is 0.0357. The molecule has 1 aliphatic carbocycles. The van der Waals surface area contributed by atoms with Gasteiger partial charge in [0, 0.05) is 6.42 Å². The SMILES string of the molecule is CCc1nc(SCC(=O)NC(c2ccccc2)C2CC2)n[nH]1. The maximum absolute atomic E-state index is 12.2. The van der Waals surface area contributed by atoms with Gasteiger partial charge < -0.3 is 5.32 Å². The Morgan fingerprint density at radius 2 is 2.18 bits per heavy atom. The van der Waals surface area contributed by atoms with E-state index in [0.29, 0.717) is 16.8 Å². The van der Waals surface area contributed by atoms with E-state index in [1.54, 1.807) is 0 Å². The van der Waals surface area contributed by atoms with E-state index in [4.69, 9.17) is 0 Å². The second-order valence-electron chi connectivity index (χ2n) is 5.50. The average Bonchev–Trinajstić information content (AvgIpc) is 3.29. The number of hydrogen-bond donors (Lipinski definition) is 2. The second-order valence-corrected chi connectivity index (χ2v) is 6.44. The normalized spacial score (nSPS) is 15.5. The van der Waals surface area contributed by atoms with E-state index < -0.39 is 0 Å². The number of aryl methyl sites for hydroxylation is 1. The number of thioether (sulfide) groups is 1. The number of H-pyrrole nitrogens is 1. The third kappa shape index (κ3) is 3.88. The summed E-state index contributed by atoms with van der Waals surface area (Å²) in [6.45, 7) is 2.02. The zero-order valence-corrected chi connectivity index (χ0v) is 13.4. The van der Waals surface area contributed by atoms with Crippen LogP contribution in [0.25, 0.3) is 0 Å². The van der Waals surface area contributed by atoms with Gasteiger partial charge in [0.1, 0.15) is 5.82 Å². The summed E-state index contributed by atoms with van der Waals surface area (Å²) in [7, 11) is 0. The van der Waals surface area contributed by atoms with Crippen molar-refractivity contribution in [1.29, 1.82) is 0 Å². The molecule has 1 fully saturated rings. The van der Waals surface area contributed by atoms with Crippen LogP contribution in [-0.2, 0) is 11.2 Å². The van der Waals surface area contributed by atoms with Crippen LogP contribution < -0.4 is 5.32 Å². The molecule has 1 atom stereocenters. The molecule has 2 aromatic rings. The highest BCUT2D eigenvalue weighted by molar-refractivity contribution is 7.99. The van der Waals surface area contributed by atoms with Gasteiger partial charge >= 0.3 is 0 Å². The van der Waals surface area contributed by atoms with Crippen LogP contribution >= 0.6 is 11.8 Å². The number of benzene rings is 1. The molecule has 6 heteroatoms. The monoisotopic (exact) mass is 316 g/mol. The molecule has 0 bridgehead atoms. The molecule has 22 heavy (non-hydrogen) atoms. The zero-order valence-electron chi connectivity index (χ0n) is 12.6. The third-order valence-corrected chi connectivity index (χ3v) is 4.59. The molecule has 0 aliphatic heterocycles. The molecular formula is C16H20N4OS. The Kier molecular flexibility index (Phi) is 4.77.